The van der Waals surface area contributed by atoms with E-state index in [0.717, 1.165) is 38.9 Å². The second-order valence-corrected chi connectivity index (χ2v) is 15.5. The van der Waals surface area contributed by atoms with Gasteiger partial charge in [0.25, 0.3) is 0 Å². The molecule has 11 rings (SSSR count). The molecule has 6 N–H and O–H groups in total. The third-order valence-corrected chi connectivity index (χ3v) is 7.92. The molecule has 0 saturated carbocycles. The van der Waals surface area contributed by atoms with Gasteiger partial charge in [0.1, 0.15) is 59.1 Å². The standard InChI is InChI=1S/C4H6N2O.C4H6N2S.4C4H6N2.C4H5NS.4C3H5N3.9C2H6/c2*1-3-5-6-4(2)7-3;1-4-2-5-6-3-4;1-6-4-2-3-5-6;3*1-4-2-3-5-6-4;1-6-2-4-5-3-6;3*1-3-4-2-5-6-3;9*1-2/h2*1-2H3;2-3H,1H3,(H,5,6);2-4H,1H3;2*2-3H,1H3,(H,5,6);2*2-3H,1H3;3*2H,1H3,(H,4,5,6);9*1-2H3. The molecule has 11 heterocycles. The molecule has 0 atom stereocenters. The van der Waals surface area contributed by atoms with Crippen molar-refractivity contribution in [3.8, 4) is 0 Å². The monoisotopic (exact) mass is 1240 g/mol. The summed E-state index contributed by atoms with van der Waals surface area (Å²) in [5, 5.41) is 65.7. The van der Waals surface area contributed by atoms with E-state index in [-0.39, 0.29) is 0 Å². The van der Waals surface area contributed by atoms with Gasteiger partial charge in [0.15, 0.2) is 0 Å². The van der Waals surface area contributed by atoms with E-state index in [2.05, 4.69) is 116 Å². The van der Waals surface area contributed by atoms with Gasteiger partial charge in [-0.1, -0.05) is 125 Å². The summed E-state index contributed by atoms with van der Waals surface area (Å²) in [5.74, 6) is 3.81. The molecule has 0 aromatic carbocycles. The van der Waals surface area contributed by atoms with Crippen molar-refractivity contribution >= 4 is 22.9 Å². The number of H-pyrrole nitrogens is 6. The first kappa shape index (κ1) is 96.9. The molecule has 28 heteroatoms. The summed E-state index contributed by atoms with van der Waals surface area (Å²) >= 11 is 3.15. The summed E-state index contributed by atoms with van der Waals surface area (Å²) in [6, 6.07) is 7.71. The Bertz CT molecular complexity index is 2060. The first-order chi connectivity index (χ1) is 41.6. The summed E-state index contributed by atoms with van der Waals surface area (Å²) in [6.07, 6.45) is 20.3. The lowest BCUT2D eigenvalue weighted by Crippen LogP contribution is -1.83. The number of aromatic amines is 6. The topological polar surface area (TPSA) is 337 Å². The molecule has 26 nitrogen and oxygen atoms in total. The molecule has 490 valence electrons. The molecule has 0 spiro atoms. The Hall–Kier alpha value is -8.27. The lowest BCUT2D eigenvalue weighted by molar-refractivity contribution is 0.489. The van der Waals surface area contributed by atoms with Crippen molar-refractivity contribution < 1.29 is 4.42 Å². The Labute approximate surface area is 525 Å². The van der Waals surface area contributed by atoms with Crippen LogP contribution in [-0.2, 0) is 14.1 Å². The maximum absolute atomic E-state index is 4.86. The van der Waals surface area contributed by atoms with Crippen LogP contribution < -0.4 is 0 Å². The Morgan fingerprint density at radius 2 is 0.837 bits per heavy atom. The van der Waals surface area contributed by atoms with Crippen molar-refractivity contribution in [3.63, 3.8) is 0 Å². The van der Waals surface area contributed by atoms with Crippen molar-refractivity contribution in [1.82, 2.24) is 125 Å². The Morgan fingerprint density at radius 1 is 0.442 bits per heavy atom. The molecular weight excluding hydrogens is 1130 g/mol. The Balaban J connectivity index is -0.000000106. The van der Waals surface area contributed by atoms with E-state index in [0.29, 0.717) is 11.8 Å². The van der Waals surface area contributed by atoms with Crippen molar-refractivity contribution in [1.29, 1.82) is 0 Å². The fraction of sp³-hybridized carbons (Fsp3) is 0.534. The number of hydrogen-bond acceptors (Lipinski definition) is 20. The molecule has 0 aliphatic rings. The molecular formula is C58H115N25OS2. The molecule has 0 saturated heterocycles. The van der Waals surface area contributed by atoms with E-state index >= 15 is 0 Å². The number of aryl methyl sites for hydroxylation is 13. The first-order valence-electron chi connectivity index (χ1n) is 29.1. The molecule has 11 aromatic rings. The third kappa shape index (κ3) is 80.0. The van der Waals surface area contributed by atoms with Crippen LogP contribution in [0, 0.1) is 76.2 Å². The van der Waals surface area contributed by atoms with Crippen LogP contribution in [0.15, 0.2) is 104 Å². The van der Waals surface area contributed by atoms with Crippen LogP contribution in [0.1, 0.15) is 186 Å². The van der Waals surface area contributed by atoms with Gasteiger partial charge in [-0.15, -0.1) is 41.9 Å². The normalized spacial score (nSPS) is 7.71. The van der Waals surface area contributed by atoms with Gasteiger partial charge in [0.2, 0.25) is 11.8 Å². The zero-order chi connectivity index (χ0) is 68.2. The van der Waals surface area contributed by atoms with Crippen LogP contribution in [0.2, 0.25) is 0 Å². The lowest BCUT2D eigenvalue weighted by Gasteiger charge is -1.77. The van der Waals surface area contributed by atoms with E-state index in [1.165, 1.54) is 41.0 Å². The van der Waals surface area contributed by atoms with Crippen LogP contribution in [0.4, 0.5) is 0 Å². The predicted octanol–water partition coefficient (Wildman–Crippen LogP) is 15.3. The van der Waals surface area contributed by atoms with Crippen molar-refractivity contribution in [2.45, 2.75) is 201 Å². The van der Waals surface area contributed by atoms with Gasteiger partial charge < -0.3 is 8.98 Å². The predicted molar refractivity (Wildman–Crippen MR) is 360 cm³/mol. The van der Waals surface area contributed by atoms with Crippen molar-refractivity contribution in [2.24, 2.45) is 14.1 Å². The summed E-state index contributed by atoms with van der Waals surface area (Å²) < 4.78 is 12.3. The lowest BCUT2D eigenvalue weighted by atomic mass is 10.4. The quantitative estimate of drug-likeness (QED) is 0.0821. The highest BCUT2D eigenvalue weighted by atomic mass is 32.1. The second-order valence-electron chi connectivity index (χ2n) is 13.1. The van der Waals surface area contributed by atoms with E-state index < -0.39 is 0 Å². The van der Waals surface area contributed by atoms with Crippen LogP contribution in [0.5, 0.6) is 0 Å². The molecule has 11 aromatic heterocycles. The highest BCUT2D eigenvalue weighted by Crippen LogP contribution is 2.04. The van der Waals surface area contributed by atoms with Crippen LogP contribution in [0.25, 0.3) is 0 Å². The van der Waals surface area contributed by atoms with Crippen LogP contribution >= 0.6 is 22.9 Å². The molecule has 0 fully saturated rings. The van der Waals surface area contributed by atoms with E-state index in [4.69, 9.17) is 4.42 Å². The molecule has 0 amide bonds. The maximum Gasteiger partial charge on any atom is 0.213 e. The molecule has 0 radical (unpaired) electrons. The highest BCUT2D eigenvalue weighted by Gasteiger charge is 1.90. The Kier molecular flexibility index (Phi) is 93.7. The molecule has 0 aliphatic heterocycles. The largest absolute Gasteiger partial charge is 0.426 e. The minimum Gasteiger partial charge on any atom is -0.426 e. The van der Waals surface area contributed by atoms with Gasteiger partial charge in [-0.05, 0) is 104 Å². The van der Waals surface area contributed by atoms with Crippen molar-refractivity contribution in [3.05, 3.63) is 160 Å². The van der Waals surface area contributed by atoms with Gasteiger partial charge in [0, 0.05) is 81.4 Å². The van der Waals surface area contributed by atoms with Gasteiger partial charge in [0.05, 0.1) is 6.20 Å². The first-order valence-corrected chi connectivity index (χ1v) is 30.7. The zero-order valence-electron chi connectivity index (χ0n) is 58.5. The van der Waals surface area contributed by atoms with Gasteiger partial charge in [-0.2, -0.15) is 35.7 Å². The van der Waals surface area contributed by atoms with Crippen LogP contribution in [-0.4, -0.2) is 125 Å². The summed E-state index contributed by atoms with van der Waals surface area (Å²) in [7, 11) is 3.76. The minimum atomic E-state index is 0.623. The molecule has 0 unspecified atom stereocenters. The minimum absolute atomic E-state index is 0.623. The molecule has 0 aliphatic carbocycles. The fourth-order valence-electron chi connectivity index (χ4n) is 3.43. The summed E-state index contributed by atoms with van der Waals surface area (Å²) in [4.78, 5) is 12.5. The fourth-order valence-corrected chi connectivity index (χ4v) is 4.43. The number of rotatable bonds is 0. The molecule has 0 bridgehead atoms. The van der Waals surface area contributed by atoms with Crippen LogP contribution in [0.3, 0.4) is 0 Å². The zero-order valence-corrected chi connectivity index (χ0v) is 60.1. The van der Waals surface area contributed by atoms with Gasteiger partial charge in [-0.25, -0.2) is 19.3 Å². The SMILES string of the molecule is CC.CC.CC.CC.CC.CC.CC.CC.CC.Cc1ccn[nH]1.Cc1ccn[nH]1.Cc1ccns1.Cc1cn[nH]c1.Cc1ncn[nH]1.Cc1ncn[nH]1.Cc1ncn[nH]1.Cc1nnc(C)o1.Cc1nnc(C)s1.Cn1cccn1.Cn1cnnc1. The smallest absolute Gasteiger partial charge is 0.213 e. The summed E-state index contributed by atoms with van der Waals surface area (Å²) in [6.45, 7) is 56.9. The highest BCUT2D eigenvalue weighted by molar-refractivity contribution is 7.11. The van der Waals surface area contributed by atoms with Gasteiger partial charge >= 0.3 is 0 Å². The number of hydrogen-bond donors (Lipinski definition) is 6. The maximum atomic E-state index is 4.86. The average molecular weight is 1240 g/mol. The van der Waals surface area contributed by atoms with Gasteiger partial charge in [-0.3, -0.25) is 35.3 Å². The molecule has 86 heavy (non-hydrogen) atoms. The van der Waals surface area contributed by atoms with Crippen molar-refractivity contribution in [2.75, 3.05) is 0 Å². The second kappa shape index (κ2) is 83.2. The van der Waals surface area contributed by atoms with E-state index in [1.54, 1.807) is 78.1 Å². The average Bonchev–Trinajstić information content (AvgIpc) is 4.36. The number of aromatic nitrogens is 25. The Morgan fingerprint density at radius 3 is 0.930 bits per heavy atom. The van der Waals surface area contributed by atoms with E-state index in [1.807, 2.05) is 238 Å². The summed E-state index contributed by atoms with van der Waals surface area (Å²) in [5.41, 5.74) is 3.39. The van der Waals surface area contributed by atoms with E-state index in [9.17, 15) is 0 Å². The number of nitrogens with one attached hydrogen (secondary N) is 6. The third-order valence-electron chi connectivity index (χ3n) is 6.51. The number of nitrogens with zero attached hydrogens (tertiary/aromatic N) is 19.